The van der Waals surface area contributed by atoms with Crippen molar-refractivity contribution in [1.82, 2.24) is 5.32 Å². The number of nitrogens with one attached hydrogen (secondary N) is 1. The molecule has 0 aromatic heterocycles. The highest BCUT2D eigenvalue weighted by Gasteiger charge is 2.12. The molecule has 0 amide bonds. The van der Waals surface area contributed by atoms with E-state index < -0.39 is 0 Å². The summed E-state index contributed by atoms with van der Waals surface area (Å²) in [5.74, 6) is -0.0845. The van der Waals surface area contributed by atoms with E-state index in [9.17, 15) is 9.59 Å². The molecule has 0 heterocycles. The molecule has 0 saturated heterocycles. The van der Waals surface area contributed by atoms with Gasteiger partial charge in [-0.25, -0.2) is 0 Å². The van der Waals surface area contributed by atoms with Crippen LogP contribution in [-0.4, -0.2) is 39.2 Å². The maximum absolute atomic E-state index is 11.6. The van der Waals surface area contributed by atoms with E-state index >= 15 is 0 Å². The van der Waals surface area contributed by atoms with Gasteiger partial charge in [0.2, 0.25) is 0 Å². The monoisotopic (exact) mass is 287 g/mol. The maximum atomic E-state index is 11.6. The van der Waals surface area contributed by atoms with Gasteiger partial charge in [-0.1, -0.05) is 32.6 Å². The van der Waals surface area contributed by atoms with E-state index in [1.807, 2.05) is 7.05 Å². The smallest absolute Gasteiger partial charge is 0.305 e. The molecule has 0 rings (SSSR count). The van der Waals surface area contributed by atoms with Gasteiger partial charge < -0.3 is 14.8 Å². The SMILES string of the molecule is CCCCCCCC(=O)OCC(CCNC)COC=O. The minimum Gasteiger partial charge on any atom is -0.467 e. The summed E-state index contributed by atoms with van der Waals surface area (Å²) >= 11 is 0. The minimum absolute atomic E-state index is 0.0664. The summed E-state index contributed by atoms with van der Waals surface area (Å²) in [5.41, 5.74) is 0. The quantitative estimate of drug-likeness (QED) is 0.302. The van der Waals surface area contributed by atoms with Gasteiger partial charge in [-0.3, -0.25) is 9.59 Å². The molecule has 0 radical (unpaired) electrons. The average Bonchev–Trinajstić information content (AvgIpc) is 2.46. The van der Waals surface area contributed by atoms with Gasteiger partial charge in [0.15, 0.2) is 0 Å². The Labute approximate surface area is 122 Å². The molecule has 1 N–H and O–H groups in total. The fourth-order valence-electron chi connectivity index (χ4n) is 1.89. The topological polar surface area (TPSA) is 64.6 Å². The van der Waals surface area contributed by atoms with E-state index in [0.29, 0.717) is 26.1 Å². The largest absolute Gasteiger partial charge is 0.467 e. The van der Waals surface area contributed by atoms with Crippen molar-refractivity contribution in [1.29, 1.82) is 0 Å². The Morgan fingerprint density at radius 3 is 2.60 bits per heavy atom. The summed E-state index contributed by atoms with van der Waals surface area (Å²) in [5, 5.41) is 3.03. The predicted molar refractivity (Wildman–Crippen MR) is 78.4 cm³/mol. The van der Waals surface area contributed by atoms with Gasteiger partial charge in [-0.2, -0.15) is 0 Å². The lowest BCUT2D eigenvalue weighted by atomic mass is 10.1. The van der Waals surface area contributed by atoms with Crippen molar-refractivity contribution in [3.63, 3.8) is 0 Å². The summed E-state index contributed by atoms with van der Waals surface area (Å²) in [6.45, 7) is 4.03. The van der Waals surface area contributed by atoms with Crippen LogP contribution in [0.4, 0.5) is 0 Å². The van der Waals surface area contributed by atoms with Gasteiger partial charge >= 0.3 is 5.97 Å². The van der Waals surface area contributed by atoms with Crippen LogP contribution in [0.2, 0.25) is 0 Å². The molecule has 0 aliphatic carbocycles. The molecule has 1 unspecified atom stereocenters. The van der Waals surface area contributed by atoms with Crippen LogP contribution < -0.4 is 5.32 Å². The second kappa shape index (κ2) is 14.3. The maximum Gasteiger partial charge on any atom is 0.305 e. The molecule has 0 aromatic carbocycles. The summed E-state index contributed by atoms with van der Waals surface area (Å²) in [4.78, 5) is 21.8. The lowest BCUT2D eigenvalue weighted by Gasteiger charge is -2.15. The number of rotatable bonds is 14. The molecule has 5 nitrogen and oxygen atoms in total. The standard InChI is InChI=1S/C15H29NO4/c1-3-4-5-6-7-8-15(18)20-12-14(9-10-16-2)11-19-13-17/h13-14,16H,3-12H2,1-2H3. The van der Waals surface area contributed by atoms with Crippen molar-refractivity contribution < 1.29 is 19.1 Å². The van der Waals surface area contributed by atoms with E-state index in [1.165, 1.54) is 19.3 Å². The third-order valence-electron chi connectivity index (χ3n) is 3.17. The first-order chi connectivity index (χ1) is 9.74. The van der Waals surface area contributed by atoms with Crippen LogP contribution in [0.5, 0.6) is 0 Å². The normalized spacial score (nSPS) is 11.9. The van der Waals surface area contributed by atoms with Crippen molar-refractivity contribution in [2.24, 2.45) is 5.92 Å². The molecule has 0 aliphatic heterocycles. The number of hydrogen-bond donors (Lipinski definition) is 1. The van der Waals surface area contributed by atoms with Crippen LogP contribution in [0, 0.1) is 5.92 Å². The Hall–Kier alpha value is -1.10. The summed E-state index contributed by atoms with van der Waals surface area (Å²) in [6.07, 6.45) is 6.89. The Kier molecular flexibility index (Phi) is 13.5. The average molecular weight is 287 g/mol. The van der Waals surface area contributed by atoms with Crippen molar-refractivity contribution in [2.45, 2.75) is 51.9 Å². The van der Waals surface area contributed by atoms with Crippen LogP contribution >= 0.6 is 0 Å². The summed E-state index contributed by atoms with van der Waals surface area (Å²) in [6, 6.07) is 0. The summed E-state index contributed by atoms with van der Waals surface area (Å²) < 4.78 is 9.99. The third-order valence-corrected chi connectivity index (χ3v) is 3.17. The number of esters is 1. The second-order valence-electron chi connectivity index (χ2n) is 5.04. The summed E-state index contributed by atoms with van der Waals surface area (Å²) in [7, 11) is 1.86. The number of carbonyl (C=O) groups excluding carboxylic acids is 2. The fraction of sp³-hybridized carbons (Fsp3) is 0.867. The van der Waals surface area contributed by atoms with Gasteiger partial charge in [0.1, 0.15) is 0 Å². The third kappa shape index (κ3) is 12.0. The molecule has 0 spiro atoms. The molecule has 0 aromatic rings. The number of unbranched alkanes of at least 4 members (excludes halogenated alkanes) is 4. The van der Waals surface area contributed by atoms with Gasteiger partial charge in [0.05, 0.1) is 13.2 Å². The Bertz CT molecular complexity index is 246. The van der Waals surface area contributed by atoms with E-state index in [1.54, 1.807) is 0 Å². The molecular formula is C15H29NO4. The highest BCUT2D eigenvalue weighted by Crippen LogP contribution is 2.08. The molecular weight excluding hydrogens is 258 g/mol. The Balaban J connectivity index is 3.71. The number of carbonyl (C=O) groups is 2. The van der Waals surface area contributed by atoms with Gasteiger partial charge in [-0.15, -0.1) is 0 Å². The zero-order valence-electron chi connectivity index (χ0n) is 12.9. The lowest BCUT2D eigenvalue weighted by Crippen LogP contribution is -2.23. The molecule has 0 fully saturated rings. The van der Waals surface area contributed by atoms with Crippen LogP contribution in [0.1, 0.15) is 51.9 Å². The van der Waals surface area contributed by atoms with Crippen LogP contribution in [0.3, 0.4) is 0 Å². The molecule has 0 saturated carbocycles. The molecule has 0 bridgehead atoms. The second-order valence-corrected chi connectivity index (χ2v) is 5.04. The van der Waals surface area contributed by atoms with Gasteiger partial charge in [0, 0.05) is 12.3 Å². The zero-order chi connectivity index (χ0) is 15.1. The zero-order valence-corrected chi connectivity index (χ0v) is 12.9. The van der Waals surface area contributed by atoms with Crippen molar-refractivity contribution in [3.8, 4) is 0 Å². The molecule has 1 atom stereocenters. The van der Waals surface area contributed by atoms with E-state index in [2.05, 4.69) is 12.2 Å². The van der Waals surface area contributed by atoms with Crippen LogP contribution in [0.25, 0.3) is 0 Å². The molecule has 118 valence electrons. The highest BCUT2D eigenvalue weighted by molar-refractivity contribution is 5.69. The first kappa shape index (κ1) is 18.9. The highest BCUT2D eigenvalue weighted by atomic mass is 16.5. The van der Waals surface area contributed by atoms with Crippen LogP contribution in [-0.2, 0) is 19.1 Å². The van der Waals surface area contributed by atoms with Crippen LogP contribution in [0.15, 0.2) is 0 Å². The van der Waals surface area contributed by atoms with Crippen molar-refractivity contribution in [2.75, 3.05) is 26.8 Å². The molecule has 5 heteroatoms. The van der Waals surface area contributed by atoms with E-state index in [-0.39, 0.29) is 11.9 Å². The molecule has 20 heavy (non-hydrogen) atoms. The van der Waals surface area contributed by atoms with E-state index in [4.69, 9.17) is 9.47 Å². The van der Waals surface area contributed by atoms with E-state index in [0.717, 1.165) is 25.8 Å². The van der Waals surface area contributed by atoms with Crippen molar-refractivity contribution >= 4 is 12.4 Å². The minimum atomic E-state index is -0.151. The predicted octanol–water partition coefficient (Wildman–Crippen LogP) is 2.29. The van der Waals surface area contributed by atoms with Gasteiger partial charge in [-0.05, 0) is 26.4 Å². The molecule has 0 aliphatic rings. The lowest BCUT2D eigenvalue weighted by molar-refractivity contribution is -0.146. The number of hydrogen-bond acceptors (Lipinski definition) is 5. The van der Waals surface area contributed by atoms with Gasteiger partial charge in [0.25, 0.3) is 6.47 Å². The van der Waals surface area contributed by atoms with Crippen molar-refractivity contribution in [3.05, 3.63) is 0 Å². The number of ether oxygens (including phenoxy) is 2. The fourth-order valence-corrected chi connectivity index (χ4v) is 1.89. The first-order valence-corrected chi connectivity index (χ1v) is 7.60. The Morgan fingerprint density at radius 1 is 1.20 bits per heavy atom. The first-order valence-electron chi connectivity index (χ1n) is 7.60. The Morgan fingerprint density at radius 2 is 1.95 bits per heavy atom.